The molecule has 0 atom stereocenters. The van der Waals surface area contributed by atoms with Gasteiger partial charge >= 0.3 is 26.2 Å². The summed E-state index contributed by atoms with van der Waals surface area (Å²) in [6, 6.07) is 20.6. The van der Waals surface area contributed by atoms with Crippen LogP contribution in [-0.4, -0.2) is 0 Å². The molecule has 0 aromatic heterocycles. The van der Waals surface area contributed by atoms with Crippen molar-refractivity contribution in [2.45, 2.75) is 58.8 Å². The van der Waals surface area contributed by atoms with Gasteiger partial charge in [-0.1, -0.05) is 82.3 Å². The van der Waals surface area contributed by atoms with Gasteiger partial charge in [-0.3, -0.25) is 0 Å². The van der Waals surface area contributed by atoms with Gasteiger partial charge in [-0.2, -0.15) is 6.07 Å². The molecule has 0 saturated carbocycles. The van der Waals surface area contributed by atoms with E-state index >= 15 is 0 Å². The van der Waals surface area contributed by atoms with Gasteiger partial charge in [0.15, 0.2) is 0 Å². The second-order valence-electron chi connectivity index (χ2n) is 7.26. The molecule has 3 rings (SSSR count). The minimum absolute atomic E-state index is 0. The zero-order valence-corrected chi connectivity index (χ0v) is 20.5. The fourth-order valence-electron chi connectivity index (χ4n) is 3.50. The summed E-state index contributed by atoms with van der Waals surface area (Å²) < 4.78 is 0. The summed E-state index contributed by atoms with van der Waals surface area (Å²) in [6.07, 6.45) is 6.53. The Morgan fingerprint density at radius 1 is 0.889 bits per heavy atom. The molecular formula is C24H29Cl2Zr. The molecule has 143 valence electrons. The van der Waals surface area contributed by atoms with Gasteiger partial charge in [0.25, 0.3) is 0 Å². The Labute approximate surface area is 196 Å². The summed E-state index contributed by atoms with van der Waals surface area (Å²) in [6.45, 7) is 6.77. The summed E-state index contributed by atoms with van der Waals surface area (Å²) in [5.41, 5.74) is 5.59. The van der Waals surface area contributed by atoms with E-state index in [1.165, 1.54) is 65.1 Å². The number of unbranched alkanes of at least 4 members (excludes halogenated alkanes) is 3. The average Bonchev–Trinajstić information content (AvgIpc) is 3.01. The molecule has 1 radical (unpaired) electrons. The van der Waals surface area contributed by atoms with Crippen LogP contribution in [0.1, 0.15) is 63.5 Å². The molecular weight excluding hydrogens is 450 g/mol. The number of hydrogen-bond donors (Lipinski definition) is 0. The molecule has 0 saturated heterocycles. The van der Waals surface area contributed by atoms with Crippen molar-refractivity contribution in [3.63, 3.8) is 0 Å². The third-order valence-electron chi connectivity index (χ3n) is 5.02. The molecule has 0 unspecified atom stereocenters. The topological polar surface area (TPSA) is 0 Å². The summed E-state index contributed by atoms with van der Waals surface area (Å²) in [5.74, 6) is 0.587. The third-order valence-corrected chi connectivity index (χ3v) is 5.02. The molecule has 0 fully saturated rings. The Balaban J connectivity index is 0.00000225. The van der Waals surface area contributed by atoms with Crippen molar-refractivity contribution in [1.29, 1.82) is 0 Å². The van der Waals surface area contributed by atoms with Crippen molar-refractivity contribution in [2.75, 3.05) is 0 Å². The fraction of sp³-hybridized carbons (Fsp3) is 0.375. The second-order valence-corrected chi connectivity index (χ2v) is 7.26. The van der Waals surface area contributed by atoms with Crippen LogP contribution < -0.4 is 24.8 Å². The SMILES string of the molecule is CCCCCCc1cc2c(-c3ccc(C(C)C)cc3)cccc2[cH-]1.[Cl-].[Cl-].[Zr+3]. The average molecular weight is 480 g/mol. The molecule has 0 amide bonds. The maximum absolute atomic E-state index is 2.41. The van der Waals surface area contributed by atoms with Crippen molar-refractivity contribution in [2.24, 2.45) is 0 Å². The summed E-state index contributed by atoms with van der Waals surface area (Å²) in [7, 11) is 0. The Morgan fingerprint density at radius 2 is 1.59 bits per heavy atom. The first-order valence-corrected chi connectivity index (χ1v) is 9.47. The van der Waals surface area contributed by atoms with Crippen LogP contribution in [0, 0.1) is 0 Å². The molecule has 3 aromatic carbocycles. The molecule has 0 bridgehead atoms. The second kappa shape index (κ2) is 12.9. The Morgan fingerprint density at radius 3 is 2.22 bits per heavy atom. The molecule has 3 aromatic rings. The number of aryl methyl sites for hydroxylation is 1. The number of rotatable bonds is 7. The molecule has 0 nitrogen and oxygen atoms in total. The summed E-state index contributed by atoms with van der Waals surface area (Å²) in [4.78, 5) is 0. The van der Waals surface area contributed by atoms with Gasteiger partial charge in [0.2, 0.25) is 0 Å². The molecule has 0 N–H and O–H groups in total. The first kappa shape index (κ1) is 26.5. The van der Waals surface area contributed by atoms with Crippen LogP contribution in [0.4, 0.5) is 0 Å². The van der Waals surface area contributed by atoms with Gasteiger partial charge in [0.05, 0.1) is 0 Å². The summed E-state index contributed by atoms with van der Waals surface area (Å²) in [5, 5.41) is 2.78. The zero-order valence-electron chi connectivity index (χ0n) is 16.6. The molecule has 0 aliphatic carbocycles. The standard InChI is InChI=1S/C24H29.2ClH.Zr/c1-4-5-6-7-9-19-16-22-10-8-11-23(24(22)17-19)21-14-12-20(13-15-21)18(2)3;;;/h8,10-18H,4-7,9H2,1-3H3;2*1H;/q-1;;;+3/p-2. The zero-order chi connectivity index (χ0) is 16.9. The van der Waals surface area contributed by atoms with E-state index in [0.717, 1.165) is 0 Å². The van der Waals surface area contributed by atoms with E-state index in [2.05, 4.69) is 75.4 Å². The maximum atomic E-state index is 2.41. The molecule has 0 aliphatic heterocycles. The largest absolute Gasteiger partial charge is 3.00 e. The van der Waals surface area contributed by atoms with Crippen molar-refractivity contribution < 1.29 is 51.0 Å². The van der Waals surface area contributed by atoms with Crippen LogP contribution in [0.25, 0.3) is 21.9 Å². The number of hydrogen-bond acceptors (Lipinski definition) is 0. The van der Waals surface area contributed by atoms with Crippen LogP contribution in [-0.2, 0) is 32.6 Å². The van der Waals surface area contributed by atoms with Crippen LogP contribution >= 0.6 is 0 Å². The minimum atomic E-state index is 0. The summed E-state index contributed by atoms with van der Waals surface area (Å²) >= 11 is 0. The van der Waals surface area contributed by atoms with Gasteiger partial charge in [0.1, 0.15) is 0 Å². The van der Waals surface area contributed by atoms with E-state index in [-0.39, 0.29) is 51.0 Å². The molecule has 0 aliphatic rings. The molecule has 3 heteroatoms. The molecule has 27 heavy (non-hydrogen) atoms. The van der Waals surface area contributed by atoms with Crippen molar-refractivity contribution >= 4 is 10.8 Å². The molecule has 0 heterocycles. The fourth-order valence-corrected chi connectivity index (χ4v) is 3.50. The van der Waals surface area contributed by atoms with Gasteiger partial charge < -0.3 is 24.8 Å². The molecule has 0 spiro atoms. The monoisotopic (exact) mass is 477 g/mol. The first-order chi connectivity index (χ1) is 11.7. The predicted molar refractivity (Wildman–Crippen MR) is 107 cm³/mol. The van der Waals surface area contributed by atoms with Crippen molar-refractivity contribution in [3.8, 4) is 11.1 Å². The van der Waals surface area contributed by atoms with E-state index in [9.17, 15) is 0 Å². The van der Waals surface area contributed by atoms with Gasteiger partial charge in [-0.05, 0) is 23.5 Å². The van der Waals surface area contributed by atoms with Crippen molar-refractivity contribution in [1.82, 2.24) is 0 Å². The smallest absolute Gasteiger partial charge is 1.00 e. The van der Waals surface area contributed by atoms with Crippen LogP contribution in [0.3, 0.4) is 0 Å². The van der Waals surface area contributed by atoms with Crippen LogP contribution in [0.2, 0.25) is 0 Å². The van der Waals surface area contributed by atoms with Crippen molar-refractivity contribution in [3.05, 3.63) is 65.7 Å². The van der Waals surface area contributed by atoms with E-state index < -0.39 is 0 Å². The number of benzene rings is 2. The predicted octanol–water partition coefficient (Wildman–Crippen LogP) is 1.48. The van der Waals surface area contributed by atoms with E-state index in [4.69, 9.17) is 0 Å². The number of halogens is 2. The first-order valence-electron chi connectivity index (χ1n) is 9.47. The Kier molecular flexibility index (Phi) is 12.6. The van der Waals surface area contributed by atoms with Gasteiger partial charge in [0, 0.05) is 0 Å². The van der Waals surface area contributed by atoms with Crippen LogP contribution in [0.15, 0.2) is 54.6 Å². The maximum Gasteiger partial charge on any atom is 3.00 e. The quantitative estimate of drug-likeness (QED) is 0.356. The third kappa shape index (κ3) is 6.81. The number of fused-ring (bicyclic) bond motifs is 1. The minimum Gasteiger partial charge on any atom is -1.00 e. The Bertz CT molecular complexity index is 788. The normalized spacial score (nSPS) is 10.2. The van der Waals surface area contributed by atoms with Gasteiger partial charge in [-0.15, -0.1) is 34.5 Å². The Hall–Kier alpha value is -0.487. The van der Waals surface area contributed by atoms with E-state index in [1.54, 1.807) is 0 Å². The van der Waals surface area contributed by atoms with E-state index in [1.807, 2.05) is 0 Å². The van der Waals surface area contributed by atoms with Gasteiger partial charge in [-0.25, -0.2) is 0 Å². The van der Waals surface area contributed by atoms with E-state index in [0.29, 0.717) is 5.92 Å². The van der Waals surface area contributed by atoms with Crippen LogP contribution in [0.5, 0.6) is 0 Å².